The highest BCUT2D eigenvalue weighted by molar-refractivity contribution is 6.04. The second kappa shape index (κ2) is 18.7. The number of primary amides is 1. The zero-order valence-corrected chi connectivity index (χ0v) is 34.6. The summed E-state index contributed by atoms with van der Waals surface area (Å²) in [5.74, 6) is 1.67. The molecule has 0 spiro atoms. The summed E-state index contributed by atoms with van der Waals surface area (Å²) in [4.78, 5) is 59.1. The zero-order chi connectivity index (χ0) is 41.6. The molecule has 1 aromatic heterocycles. The molecule has 0 radical (unpaired) electrons. The third-order valence-corrected chi connectivity index (χ3v) is 12.8. The Labute approximate surface area is 352 Å². The van der Waals surface area contributed by atoms with Crippen molar-refractivity contribution in [1.82, 2.24) is 29.8 Å². The van der Waals surface area contributed by atoms with Crippen LogP contribution in [0.15, 0.2) is 78.9 Å². The standard InChI is InChI=1S/C46H57N9O5/c1-51(25-26-52-27-29-53(30-28-52)36-12-7-32(8-13-36)31-35-11-16-40(56)49-46(35)59)22-20-41(57)54-23-18-33(19-24-54)39-17-21-48-45-42(44(47)58)43(50-55(39)45)34-9-14-38(15-10-34)60-37-5-3-2-4-6-37/h2-10,12-15,33,35,39,48H,11,16-31H2,1H3,(H2,47,58)(H,49,56,59)/t35?,39-/m0/s1. The van der Waals surface area contributed by atoms with Crippen LogP contribution in [0.5, 0.6) is 11.5 Å². The molecule has 4 aromatic rings. The number of likely N-dealkylation sites (tertiary alicyclic amines) is 1. The van der Waals surface area contributed by atoms with Gasteiger partial charge in [0.1, 0.15) is 28.6 Å². The summed E-state index contributed by atoms with van der Waals surface area (Å²) in [7, 11) is 2.10. The van der Waals surface area contributed by atoms with Crippen LogP contribution in [0.25, 0.3) is 11.3 Å². The van der Waals surface area contributed by atoms with Gasteiger partial charge in [0, 0.05) is 95.5 Å². The van der Waals surface area contributed by atoms with E-state index in [0.717, 1.165) is 102 Å². The van der Waals surface area contributed by atoms with Gasteiger partial charge in [0.2, 0.25) is 17.7 Å². The van der Waals surface area contributed by atoms with E-state index in [0.29, 0.717) is 54.4 Å². The van der Waals surface area contributed by atoms with Gasteiger partial charge in [-0.25, -0.2) is 4.68 Å². The number of benzene rings is 3. The van der Waals surface area contributed by atoms with Gasteiger partial charge in [-0.1, -0.05) is 30.3 Å². The van der Waals surface area contributed by atoms with E-state index in [1.807, 2.05) is 64.2 Å². The number of hydrogen-bond donors (Lipinski definition) is 3. The van der Waals surface area contributed by atoms with Crippen molar-refractivity contribution in [2.75, 3.05) is 82.7 Å². The number of likely N-dealkylation sites (N-methyl/N-ethyl adjacent to an activating group) is 1. The van der Waals surface area contributed by atoms with E-state index in [2.05, 4.69) is 56.6 Å². The molecule has 316 valence electrons. The summed E-state index contributed by atoms with van der Waals surface area (Å²) in [6, 6.07) is 25.8. The predicted molar refractivity (Wildman–Crippen MR) is 231 cm³/mol. The molecule has 14 nitrogen and oxygen atoms in total. The fourth-order valence-electron chi connectivity index (χ4n) is 9.17. The number of rotatable bonds is 14. The number of piperidine rings is 2. The minimum absolute atomic E-state index is 0.108. The number of para-hydroxylation sites is 1. The Hall–Kier alpha value is -5.73. The Kier molecular flexibility index (Phi) is 12.8. The second-order valence-corrected chi connectivity index (χ2v) is 16.7. The molecule has 4 amide bonds. The first kappa shape index (κ1) is 41.0. The van der Waals surface area contributed by atoms with Gasteiger partial charge in [0.05, 0.1) is 6.04 Å². The smallest absolute Gasteiger partial charge is 0.254 e. The topological polar surface area (TPSA) is 158 Å². The minimum atomic E-state index is -0.513. The van der Waals surface area contributed by atoms with Gasteiger partial charge in [0.25, 0.3) is 5.91 Å². The van der Waals surface area contributed by atoms with Crippen LogP contribution in [0.1, 0.15) is 60.5 Å². The molecular weight excluding hydrogens is 759 g/mol. The summed E-state index contributed by atoms with van der Waals surface area (Å²) < 4.78 is 7.95. The van der Waals surface area contributed by atoms with Crippen LogP contribution in [0.4, 0.5) is 11.5 Å². The third-order valence-electron chi connectivity index (χ3n) is 12.8. The largest absolute Gasteiger partial charge is 0.457 e. The molecule has 5 heterocycles. The lowest BCUT2D eigenvalue weighted by Gasteiger charge is -2.38. The van der Waals surface area contributed by atoms with Crippen molar-refractivity contribution in [2.24, 2.45) is 17.6 Å². The fraction of sp³-hybridized carbons (Fsp3) is 0.457. The predicted octanol–water partition coefficient (Wildman–Crippen LogP) is 4.78. The minimum Gasteiger partial charge on any atom is -0.457 e. The van der Waals surface area contributed by atoms with Crippen molar-refractivity contribution in [3.63, 3.8) is 0 Å². The average Bonchev–Trinajstić information content (AvgIpc) is 3.67. The van der Waals surface area contributed by atoms with E-state index >= 15 is 0 Å². The molecular formula is C46H57N9O5. The Morgan fingerprint density at radius 3 is 2.27 bits per heavy atom. The number of ether oxygens (including phenoxy) is 1. The number of nitrogens with one attached hydrogen (secondary N) is 2. The highest BCUT2D eigenvalue weighted by atomic mass is 16.5. The van der Waals surface area contributed by atoms with Crippen molar-refractivity contribution in [2.45, 2.75) is 51.0 Å². The Balaban J connectivity index is 0.764. The number of carbonyl (C=O) groups is 4. The molecule has 3 fully saturated rings. The normalized spacial score (nSPS) is 20.1. The number of amides is 4. The van der Waals surface area contributed by atoms with Crippen LogP contribution in [0, 0.1) is 11.8 Å². The lowest BCUT2D eigenvalue weighted by atomic mass is 9.86. The number of nitrogens with two attached hydrogens (primary N) is 1. The van der Waals surface area contributed by atoms with Crippen LogP contribution in [-0.2, 0) is 20.8 Å². The van der Waals surface area contributed by atoms with Crippen LogP contribution in [0.2, 0.25) is 0 Å². The molecule has 4 N–H and O–H groups in total. The summed E-state index contributed by atoms with van der Waals surface area (Å²) in [5.41, 5.74) is 10.0. The Morgan fingerprint density at radius 2 is 1.57 bits per heavy atom. The molecule has 4 aliphatic heterocycles. The van der Waals surface area contributed by atoms with E-state index in [9.17, 15) is 19.2 Å². The molecule has 2 atom stereocenters. The molecule has 1 unspecified atom stereocenters. The van der Waals surface area contributed by atoms with Gasteiger partial charge < -0.3 is 30.5 Å². The number of anilines is 2. The average molecular weight is 816 g/mol. The van der Waals surface area contributed by atoms with Crippen molar-refractivity contribution in [3.8, 4) is 22.8 Å². The summed E-state index contributed by atoms with van der Waals surface area (Å²) in [6.07, 6.45) is 4.84. The van der Waals surface area contributed by atoms with Gasteiger partial charge in [-0.15, -0.1) is 0 Å². The van der Waals surface area contributed by atoms with Gasteiger partial charge in [-0.05, 0) is 99.2 Å². The van der Waals surface area contributed by atoms with E-state index in [-0.39, 0.29) is 29.7 Å². The maximum Gasteiger partial charge on any atom is 0.254 e. The van der Waals surface area contributed by atoms with Crippen LogP contribution in [0.3, 0.4) is 0 Å². The van der Waals surface area contributed by atoms with Crippen LogP contribution >= 0.6 is 0 Å². The molecule has 3 saturated heterocycles. The van der Waals surface area contributed by atoms with Crippen molar-refractivity contribution >= 4 is 35.1 Å². The SMILES string of the molecule is CN(CCC(=O)N1CCC([C@@H]2CCNc3c(C(N)=O)c(-c4ccc(Oc5ccccc5)cc4)nn32)CC1)CCN1CCN(c2ccc(CC3CCC(=O)NC3=O)cc2)CC1. The van der Waals surface area contributed by atoms with Gasteiger partial charge in [-0.2, -0.15) is 5.10 Å². The lowest BCUT2D eigenvalue weighted by Crippen LogP contribution is -2.48. The summed E-state index contributed by atoms with van der Waals surface area (Å²) >= 11 is 0. The maximum absolute atomic E-state index is 13.4. The second-order valence-electron chi connectivity index (χ2n) is 16.7. The van der Waals surface area contributed by atoms with Crippen molar-refractivity contribution in [3.05, 3.63) is 90.0 Å². The Bertz CT molecular complexity index is 2130. The van der Waals surface area contributed by atoms with Crippen molar-refractivity contribution < 1.29 is 23.9 Å². The molecule has 8 rings (SSSR count). The first-order valence-electron chi connectivity index (χ1n) is 21.5. The number of aromatic nitrogens is 2. The summed E-state index contributed by atoms with van der Waals surface area (Å²) in [5, 5.41) is 10.9. The number of fused-ring (bicyclic) bond motifs is 1. The van der Waals surface area contributed by atoms with Gasteiger partial charge >= 0.3 is 0 Å². The third kappa shape index (κ3) is 9.66. The van der Waals surface area contributed by atoms with Gasteiger partial charge in [0.15, 0.2) is 0 Å². The zero-order valence-electron chi connectivity index (χ0n) is 34.6. The first-order valence-corrected chi connectivity index (χ1v) is 21.5. The molecule has 4 aliphatic rings. The number of carbonyl (C=O) groups excluding carboxylic acids is 4. The molecule has 0 aliphatic carbocycles. The summed E-state index contributed by atoms with van der Waals surface area (Å²) in [6.45, 7) is 8.66. The van der Waals surface area contributed by atoms with E-state index < -0.39 is 5.91 Å². The maximum atomic E-state index is 13.4. The highest BCUT2D eigenvalue weighted by Crippen LogP contribution is 2.40. The first-order chi connectivity index (χ1) is 29.2. The molecule has 0 bridgehead atoms. The number of hydrogen-bond acceptors (Lipinski definition) is 10. The Morgan fingerprint density at radius 1 is 0.850 bits per heavy atom. The van der Waals surface area contributed by atoms with E-state index in [1.165, 1.54) is 5.69 Å². The highest BCUT2D eigenvalue weighted by Gasteiger charge is 2.36. The number of piperazine rings is 1. The monoisotopic (exact) mass is 815 g/mol. The number of imide groups is 1. The van der Waals surface area contributed by atoms with Crippen molar-refractivity contribution in [1.29, 1.82) is 0 Å². The van der Waals surface area contributed by atoms with Crippen LogP contribution in [-0.4, -0.2) is 121 Å². The fourth-order valence-corrected chi connectivity index (χ4v) is 9.17. The molecule has 0 saturated carbocycles. The molecule has 14 heteroatoms. The van der Waals surface area contributed by atoms with E-state index in [1.54, 1.807) is 0 Å². The quantitative estimate of drug-likeness (QED) is 0.152. The van der Waals surface area contributed by atoms with Gasteiger partial charge in [-0.3, -0.25) is 29.4 Å². The molecule has 60 heavy (non-hydrogen) atoms. The van der Waals surface area contributed by atoms with Crippen LogP contribution < -0.4 is 26.0 Å². The number of nitrogens with zero attached hydrogens (tertiary/aromatic N) is 6. The molecule has 3 aromatic carbocycles. The lowest BCUT2D eigenvalue weighted by molar-refractivity contribution is -0.136. The van der Waals surface area contributed by atoms with E-state index in [4.69, 9.17) is 15.6 Å².